The first-order valence-corrected chi connectivity index (χ1v) is 7.74. The molecule has 0 amide bonds. The Balaban J connectivity index is 1.81. The number of ether oxygens (including phenoxy) is 1. The summed E-state index contributed by atoms with van der Waals surface area (Å²) in [4.78, 5) is 27.1. The van der Waals surface area contributed by atoms with Crippen molar-refractivity contribution in [3.8, 4) is 5.69 Å². The minimum Gasteiger partial charge on any atom is -0.376 e. The van der Waals surface area contributed by atoms with Crippen molar-refractivity contribution in [2.75, 3.05) is 13.2 Å². The largest absolute Gasteiger partial charge is 0.376 e. The molecule has 1 aliphatic rings. The molecular weight excluding hydrogens is 312 g/mol. The second-order valence-corrected chi connectivity index (χ2v) is 5.69. The van der Waals surface area contributed by atoms with Gasteiger partial charge in [-0.1, -0.05) is 0 Å². The normalized spacial score (nSPS) is 17.6. The number of rotatable bonds is 5. The van der Waals surface area contributed by atoms with Crippen LogP contribution in [0.4, 0.5) is 5.69 Å². The Morgan fingerprint density at radius 2 is 2.21 bits per heavy atom. The van der Waals surface area contributed by atoms with Gasteiger partial charge in [-0.05, 0) is 31.9 Å². The molecule has 8 heteroatoms. The molecule has 0 spiro atoms. The summed E-state index contributed by atoms with van der Waals surface area (Å²) in [6.07, 6.45) is 3.75. The summed E-state index contributed by atoms with van der Waals surface area (Å²) in [6, 6.07) is 5.79. The lowest BCUT2D eigenvalue weighted by molar-refractivity contribution is -0.384. The van der Waals surface area contributed by atoms with Crippen molar-refractivity contribution < 1.29 is 9.66 Å². The second-order valence-electron chi connectivity index (χ2n) is 5.69. The first-order chi connectivity index (χ1) is 11.6. The van der Waals surface area contributed by atoms with E-state index in [9.17, 15) is 14.9 Å². The maximum atomic E-state index is 12.5. The van der Waals surface area contributed by atoms with Gasteiger partial charge in [-0.25, -0.2) is 4.68 Å². The molecule has 1 atom stereocenters. The number of hydrogen-bond acceptors (Lipinski definition) is 5. The number of aliphatic imine (C=N–C) groups is 1. The second kappa shape index (κ2) is 6.79. The molecule has 2 aromatic rings. The van der Waals surface area contributed by atoms with Crippen LogP contribution in [0, 0.1) is 17.0 Å². The van der Waals surface area contributed by atoms with E-state index < -0.39 is 4.92 Å². The number of aromatic amines is 1. The number of H-pyrrole nitrogens is 1. The van der Waals surface area contributed by atoms with Gasteiger partial charge in [0.05, 0.1) is 28.8 Å². The molecule has 0 bridgehead atoms. The van der Waals surface area contributed by atoms with E-state index in [4.69, 9.17) is 4.74 Å². The predicted octanol–water partition coefficient (Wildman–Crippen LogP) is 1.98. The van der Waals surface area contributed by atoms with Crippen LogP contribution in [0.2, 0.25) is 0 Å². The summed E-state index contributed by atoms with van der Waals surface area (Å²) in [6.45, 7) is 3.11. The Labute approximate surface area is 137 Å². The van der Waals surface area contributed by atoms with Gasteiger partial charge in [-0.15, -0.1) is 0 Å². The van der Waals surface area contributed by atoms with Gasteiger partial charge < -0.3 is 4.74 Å². The zero-order chi connectivity index (χ0) is 17.1. The number of nitro groups is 1. The third-order valence-electron chi connectivity index (χ3n) is 3.99. The number of nitrogens with zero attached hydrogens (tertiary/aromatic N) is 3. The highest BCUT2D eigenvalue weighted by molar-refractivity contribution is 5.80. The Hall–Kier alpha value is -2.74. The van der Waals surface area contributed by atoms with E-state index >= 15 is 0 Å². The Morgan fingerprint density at radius 1 is 1.46 bits per heavy atom. The third-order valence-corrected chi connectivity index (χ3v) is 3.99. The number of aromatic nitrogens is 2. The van der Waals surface area contributed by atoms with E-state index in [1.807, 2.05) is 0 Å². The highest BCUT2D eigenvalue weighted by atomic mass is 16.6. The quantitative estimate of drug-likeness (QED) is 0.514. The standard InChI is InChI=1S/C16H18N4O4/c1-11-15(10-17-9-14-3-2-8-24-14)16(21)19(18-11)12-4-6-13(7-5-12)20(22)23/h4-7,10,14,18H,2-3,8-9H2,1H3. The van der Waals surface area contributed by atoms with E-state index in [0.29, 0.717) is 23.5 Å². The number of nitrogens with one attached hydrogen (secondary N) is 1. The predicted molar refractivity (Wildman–Crippen MR) is 89.2 cm³/mol. The average molecular weight is 330 g/mol. The Bertz CT molecular complexity index is 814. The Morgan fingerprint density at radius 3 is 2.83 bits per heavy atom. The van der Waals surface area contributed by atoms with Crippen molar-refractivity contribution >= 4 is 11.9 Å². The van der Waals surface area contributed by atoms with Gasteiger partial charge in [0.25, 0.3) is 11.2 Å². The van der Waals surface area contributed by atoms with Crippen LogP contribution in [0.1, 0.15) is 24.1 Å². The highest BCUT2D eigenvalue weighted by Crippen LogP contribution is 2.14. The molecule has 1 aliphatic heterocycles. The maximum Gasteiger partial charge on any atom is 0.280 e. The fourth-order valence-corrected chi connectivity index (χ4v) is 2.67. The van der Waals surface area contributed by atoms with Crippen LogP contribution in [-0.4, -0.2) is 40.2 Å². The minimum atomic E-state index is -0.476. The van der Waals surface area contributed by atoms with Crippen molar-refractivity contribution in [3.63, 3.8) is 0 Å². The van der Waals surface area contributed by atoms with E-state index in [0.717, 1.165) is 19.4 Å². The van der Waals surface area contributed by atoms with Crippen molar-refractivity contribution in [2.45, 2.75) is 25.9 Å². The summed E-state index contributed by atoms with van der Waals surface area (Å²) in [5.74, 6) is 0. The fourth-order valence-electron chi connectivity index (χ4n) is 2.67. The van der Waals surface area contributed by atoms with Gasteiger partial charge in [0.1, 0.15) is 0 Å². The molecule has 1 aromatic heterocycles. The van der Waals surface area contributed by atoms with Gasteiger partial charge in [-0.3, -0.25) is 25.0 Å². The van der Waals surface area contributed by atoms with Crippen LogP contribution in [-0.2, 0) is 4.74 Å². The molecule has 2 heterocycles. The van der Waals surface area contributed by atoms with Crippen LogP contribution in [0.15, 0.2) is 34.1 Å². The van der Waals surface area contributed by atoms with E-state index in [2.05, 4.69) is 10.1 Å². The summed E-state index contributed by atoms with van der Waals surface area (Å²) in [5.41, 5.74) is 1.44. The zero-order valence-electron chi connectivity index (χ0n) is 13.3. The van der Waals surface area contributed by atoms with Crippen LogP contribution < -0.4 is 5.56 Å². The van der Waals surface area contributed by atoms with E-state index in [1.54, 1.807) is 13.1 Å². The molecule has 1 unspecified atom stereocenters. The first-order valence-electron chi connectivity index (χ1n) is 7.74. The van der Waals surface area contributed by atoms with Crippen molar-refractivity contribution in [2.24, 2.45) is 4.99 Å². The molecule has 1 N–H and O–H groups in total. The summed E-state index contributed by atoms with van der Waals surface area (Å²) in [5, 5.41) is 13.7. The number of non-ortho nitro benzene ring substituents is 1. The lowest BCUT2D eigenvalue weighted by Crippen LogP contribution is -2.17. The third kappa shape index (κ3) is 3.28. The van der Waals surface area contributed by atoms with Crippen LogP contribution in [0.25, 0.3) is 5.69 Å². The number of benzene rings is 1. The fraction of sp³-hybridized carbons (Fsp3) is 0.375. The van der Waals surface area contributed by atoms with Crippen molar-refractivity contribution in [1.29, 1.82) is 0 Å². The topological polar surface area (TPSA) is 103 Å². The molecule has 1 fully saturated rings. The van der Waals surface area contributed by atoms with Crippen LogP contribution in [0.5, 0.6) is 0 Å². The van der Waals surface area contributed by atoms with Gasteiger partial charge in [0, 0.05) is 30.6 Å². The molecule has 24 heavy (non-hydrogen) atoms. The Kier molecular flexibility index (Phi) is 4.57. The van der Waals surface area contributed by atoms with Crippen molar-refractivity contribution in [1.82, 2.24) is 9.78 Å². The molecule has 0 aliphatic carbocycles. The van der Waals surface area contributed by atoms with Gasteiger partial charge >= 0.3 is 0 Å². The van der Waals surface area contributed by atoms with Crippen molar-refractivity contribution in [3.05, 3.63) is 56.0 Å². The van der Waals surface area contributed by atoms with E-state index in [-0.39, 0.29) is 17.4 Å². The molecule has 126 valence electrons. The number of aryl methyl sites for hydroxylation is 1. The molecule has 1 aromatic carbocycles. The molecule has 1 saturated heterocycles. The smallest absolute Gasteiger partial charge is 0.280 e. The zero-order valence-corrected chi connectivity index (χ0v) is 13.3. The summed E-state index contributed by atoms with van der Waals surface area (Å²) >= 11 is 0. The average Bonchev–Trinajstić information content (AvgIpc) is 3.18. The SMILES string of the molecule is Cc1[nH]n(-c2ccc([N+](=O)[O-])cc2)c(=O)c1C=NCC1CCCO1. The van der Waals surface area contributed by atoms with Gasteiger partial charge in [0.15, 0.2) is 0 Å². The lowest BCUT2D eigenvalue weighted by Gasteiger charge is -2.03. The summed E-state index contributed by atoms with van der Waals surface area (Å²) in [7, 11) is 0. The lowest BCUT2D eigenvalue weighted by atomic mass is 10.2. The first kappa shape index (κ1) is 16.1. The molecule has 0 saturated carbocycles. The molecule has 3 rings (SSSR count). The minimum absolute atomic E-state index is 0.0200. The van der Waals surface area contributed by atoms with Crippen LogP contribution >= 0.6 is 0 Å². The maximum absolute atomic E-state index is 12.5. The monoisotopic (exact) mass is 330 g/mol. The summed E-state index contributed by atoms with van der Waals surface area (Å²) < 4.78 is 6.85. The van der Waals surface area contributed by atoms with E-state index in [1.165, 1.54) is 28.9 Å². The van der Waals surface area contributed by atoms with Gasteiger partial charge in [0.2, 0.25) is 0 Å². The molecule has 0 radical (unpaired) electrons. The number of hydrogen-bond donors (Lipinski definition) is 1. The van der Waals surface area contributed by atoms with Crippen LogP contribution in [0.3, 0.4) is 0 Å². The van der Waals surface area contributed by atoms with Gasteiger partial charge in [-0.2, -0.15) is 0 Å². The molecule has 8 nitrogen and oxygen atoms in total. The number of nitro benzene ring substituents is 1. The highest BCUT2D eigenvalue weighted by Gasteiger charge is 2.15. The molecular formula is C16H18N4O4.